The van der Waals surface area contributed by atoms with E-state index in [1.807, 2.05) is 38.1 Å². The van der Waals surface area contributed by atoms with Crippen LogP contribution in [0.5, 0.6) is 0 Å². The van der Waals surface area contributed by atoms with Crippen LogP contribution in [0.4, 0.5) is 0 Å². The van der Waals surface area contributed by atoms with Gasteiger partial charge in [0.2, 0.25) is 5.91 Å². The topological polar surface area (TPSA) is 57.6 Å². The predicted molar refractivity (Wildman–Crippen MR) is 72.0 cm³/mol. The number of carboxylic acid groups (broad SMARTS) is 1. The zero-order chi connectivity index (χ0) is 14.2. The van der Waals surface area contributed by atoms with Crippen LogP contribution in [-0.4, -0.2) is 34.5 Å². The minimum Gasteiger partial charge on any atom is -0.480 e. The molecule has 1 N–H and O–H groups in total. The number of hydrogen-bond donors (Lipinski definition) is 1. The van der Waals surface area contributed by atoms with Crippen LogP contribution < -0.4 is 0 Å². The maximum Gasteiger partial charge on any atom is 0.326 e. The van der Waals surface area contributed by atoms with Crippen LogP contribution in [0.2, 0.25) is 0 Å². The van der Waals surface area contributed by atoms with Gasteiger partial charge in [-0.25, -0.2) is 4.79 Å². The van der Waals surface area contributed by atoms with E-state index < -0.39 is 17.4 Å². The molecule has 1 aromatic carbocycles. The molecule has 1 aliphatic heterocycles. The van der Waals surface area contributed by atoms with Gasteiger partial charge < -0.3 is 10.0 Å². The first-order valence-electron chi connectivity index (χ1n) is 6.47. The molecule has 0 aromatic heterocycles. The second-order valence-corrected chi connectivity index (χ2v) is 5.46. The molecule has 1 unspecified atom stereocenters. The van der Waals surface area contributed by atoms with E-state index in [9.17, 15) is 9.59 Å². The molecule has 4 heteroatoms. The van der Waals surface area contributed by atoms with Gasteiger partial charge in [-0.1, -0.05) is 29.8 Å². The number of hydrogen-bond acceptors (Lipinski definition) is 2. The molecule has 2 atom stereocenters. The molecule has 19 heavy (non-hydrogen) atoms. The first kappa shape index (κ1) is 13.6. The molecule has 1 heterocycles. The zero-order valence-corrected chi connectivity index (χ0v) is 11.5. The number of carbonyl (C=O) groups excluding carboxylic acids is 1. The average Bonchev–Trinajstić information content (AvgIpc) is 2.67. The van der Waals surface area contributed by atoms with Crippen LogP contribution in [0.1, 0.15) is 31.4 Å². The van der Waals surface area contributed by atoms with Gasteiger partial charge in [0.25, 0.3) is 0 Å². The minimum atomic E-state index is -0.957. The normalized spacial score (nSPS) is 24.6. The van der Waals surface area contributed by atoms with Gasteiger partial charge in [-0.15, -0.1) is 0 Å². The first-order valence-corrected chi connectivity index (χ1v) is 6.47. The van der Waals surface area contributed by atoms with E-state index >= 15 is 0 Å². The van der Waals surface area contributed by atoms with E-state index in [0.29, 0.717) is 13.0 Å². The Morgan fingerprint density at radius 3 is 2.47 bits per heavy atom. The van der Waals surface area contributed by atoms with E-state index in [-0.39, 0.29) is 5.91 Å². The van der Waals surface area contributed by atoms with Crippen LogP contribution in [-0.2, 0) is 15.0 Å². The lowest BCUT2D eigenvalue weighted by molar-refractivity contribution is -0.148. The van der Waals surface area contributed by atoms with Gasteiger partial charge in [0, 0.05) is 6.54 Å². The Balaban J connectivity index is 2.29. The quantitative estimate of drug-likeness (QED) is 0.904. The van der Waals surface area contributed by atoms with Crippen LogP contribution in [0.3, 0.4) is 0 Å². The Labute approximate surface area is 113 Å². The zero-order valence-electron chi connectivity index (χ0n) is 11.5. The number of aryl methyl sites for hydroxylation is 1. The molecule has 1 aromatic rings. The maximum atomic E-state index is 12.5. The maximum absolute atomic E-state index is 12.5. The fraction of sp³-hybridized carbons (Fsp3) is 0.467. The summed E-state index contributed by atoms with van der Waals surface area (Å²) in [6.07, 6.45) is 0.659. The highest BCUT2D eigenvalue weighted by molar-refractivity contribution is 5.93. The monoisotopic (exact) mass is 261 g/mol. The molecular weight excluding hydrogens is 242 g/mol. The Kier molecular flexibility index (Phi) is 3.35. The van der Waals surface area contributed by atoms with Crippen molar-refractivity contribution in [2.45, 2.75) is 38.6 Å². The van der Waals surface area contributed by atoms with Gasteiger partial charge in [0.1, 0.15) is 6.04 Å². The second kappa shape index (κ2) is 4.68. The largest absolute Gasteiger partial charge is 0.480 e. The lowest BCUT2D eigenvalue weighted by Crippen LogP contribution is -2.44. The van der Waals surface area contributed by atoms with Gasteiger partial charge in [-0.2, -0.15) is 0 Å². The Morgan fingerprint density at radius 2 is 1.95 bits per heavy atom. The van der Waals surface area contributed by atoms with Crippen molar-refractivity contribution in [3.05, 3.63) is 35.4 Å². The van der Waals surface area contributed by atoms with Gasteiger partial charge >= 0.3 is 5.97 Å². The molecule has 0 aliphatic carbocycles. The molecule has 4 nitrogen and oxygen atoms in total. The Hall–Kier alpha value is -1.84. The summed E-state index contributed by atoms with van der Waals surface area (Å²) in [5.41, 5.74) is 1.51. The molecule has 102 valence electrons. The van der Waals surface area contributed by atoms with E-state index in [1.165, 1.54) is 4.90 Å². The van der Waals surface area contributed by atoms with Crippen molar-refractivity contribution >= 4 is 11.9 Å². The summed E-state index contributed by atoms with van der Waals surface area (Å²) < 4.78 is 0. The van der Waals surface area contributed by atoms with E-state index in [0.717, 1.165) is 11.1 Å². The SMILES string of the molecule is Cc1ccc(C2(C)CCN([C@H](C)C(=O)O)C2=O)cc1. The van der Waals surface area contributed by atoms with Crippen molar-refractivity contribution in [1.29, 1.82) is 0 Å². The van der Waals surface area contributed by atoms with Crippen molar-refractivity contribution in [3.8, 4) is 0 Å². The molecule has 1 amide bonds. The lowest BCUT2D eigenvalue weighted by Gasteiger charge is -2.26. The predicted octanol–water partition coefficient (Wildman–Crippen LogP) is 1.96. The summed E-state index contributed by atoms with van der Waals surface area (Å²) >= 11 is 0. The van der Waals surface area contributed by atoms with E-state index in [2.05, 4.69) is 0 Å². The first-order chi connectivity index (χ1) is 8.86. The number of benzene rings is 1. The fourth-order valence-electron chi connectivity index (χ4n) is 2.56. The summed E-state index contributed by atoms with van der Waals surface area (Å²) in [5, 5.41) is 9.04. The number of rotatable bonds is 3. The third-order valence-electron chi connectivity index (χ3n) is 4.10. The minimum absolute atomic E-state index is 0.0914. The molecule has 0 radical (unpaired) electrons. The van der Waals surface area contributed by atoms with Gasteiger partial charge in [0.15, 0.2) is 0 Å². The highest BCUT2D eigenvalue weighted by Gasteiger charge is 2.46. The van der Waals surface area contributed by atoms with Gasteiger partial charge in [-0.05, 0) is 32.8 Å². The molecule has 0 spiro atoms. The Bertz CT molecular complexity index is 509. The van der Waals surface area contributed by atoms with Crippen LogP contribution >= 0.6 is 0 Å². The number of nitrogens with zero attached hydrogens (tertiary/aromatic N) is 1. The third-order valence-corrected chi connectivity index (χ3v) is 4.10. The summed E-state index contributed by atoms with van der Waals surface area (Å²) in [6.45, 7) is 5.95. The van der Waals surface area contributed by atoms with Crippen LogP contribution in [0.25, 0.3) is 0 Å². The standard InChI is InChI=1S/C15H19NO3/c1-10-4-6-12(7-5-10)15(3)8-9-16(14(15)19)11(2)13(17)18/h4-7,11H,8-9H2,1-3H3,(H,17,18)/t11-,15?/m1/s1. The Morgan fingerprint density at radius 1 is 1.37 bits per heavy atom. The molecule has 1 aliphatic rings. The number of aliphatic carboxylic acids is 1. The highest BCUT2D eigenvalue weighted by Crippen LogP contribution is 2.36. The number of likely N-dealkylation sites (tertiary alicyclic amines) is 1. The van der Waals surface area contributed by atoms with Crippen molar-refractivity contribution in [3.63, 3.8) is 0 Å². The smallest absolute Gasteiger partial charge is 0.326 e. The number of carboxylic acids is 1. The number of carbonyl (C=O) groups is 2. The van der Waals surface area contributed by atoms with Crippen molar-refractivity contribution in [2.75, 3.05) is 6.54 Å². The summed E-state index contributed by atoms with van der Waals surface area (Å²) in [7, 11) is 0. The second-order valence-electron chi connectivity index (χ2n) is 5.46. The molecule has 2 rings (SSSR count). The molecule has 0 bridgehead atoms. The third kappa shape index (κ3) is 2.23. The van der Waals surface area contributed by atoms with Crippen molar-refractivity contribution < 1.29 is 14.7 Å². The van der Waals surface area contributed by atoms with Crippen LogP contribution in [0, 0.1) is 6.92 Å². The van der Waals surface area contributed by atoms with Gasteiger partial charge in [0.05, 0.1) is 5.41 Å². The molecule has 1 fully saturated rings. The van der Waals surface area contributed by atoms with E-state index in [1.54, 1.807) is 6.92 Å². The molecule has 0 saturated carbocycles. The van der Waals surface area contributed by atoms with Gasteiger partial charge in [-0.3, -0.25) is 4.79 Å². The lowest BCUT2D eigenvalue weighted by atomic mass is 9.81. The van der Waals surface area contributed by atoms with Crippen molar-refractivity contribution in [2.24, 2.45) is 0 Å². The number of amides is 1. The highest BCUT2D eigenvalue weighted by atomic mass is 16.4. The van der Waals surface area contributed by atoms with Crippen molar-refractivity contribution in [1.82, 2.24) is 4.90 Å². The molecular formula is C15H19NO3. The van der Waals surface area contributed by atoms with Crippen LogP contribution in [0.15, 0.2) is 24.3 Å². The molecule has 1 saturated heterocycles. The summed E-state index contributed by atoms with van der Waals surface area (Å²) in [5.74, 6) is -1.05. The average molecular weight is 261 g/mol. The van der Waals surface area contributed by atoms with E-state index in [4.69, 9.17) is 5.11 Å². The fourth-order valence-corrected chi connectivity index (χ4v) is 2.56. The summed E-state index contributed by atoms with van der Waals surface area (Å²) in [4.78, 5) is 25.0. The summed E-state index contributed by atoms with van der Waals surface area (Å²) in [6, 6.07) is 7.12.